The van der Waals surface area contributed by atoms with E-state index < -0.39 is 85.4 Å². The van der Waals surface area contributed by atoms with Crippen molar-refractivity contribution in [2.24, 2.45) is 0 Å². The van der Waals surface area contributed by atoms with Crippen LogP contribution in [-0.2, 0) is 22.6 Å². The van der Waals surface area contributed by atoms with E-state index in [2.05, 4.69) is 15.6 Å². The molecule has 49 heavy (non-hydrogen) atoms. The molecule has 4 atom stereocenters. The molecule has 6 rings (SSSR count). The second-order valence-corrected chi connectivity index (χ2v) is 13.3. The number of likely N-dealkylation sites (tertiary alicyclic amines) is 2. The molecule has 3 N–H and O–H groups in total. The zero-order chi connectivity index (χ0) is 35.4. The number of rotatable bonds is 10. The fraction of sp³-hybridized carbons (Fsp3) is 0.500. The van der Waals surface area contributed by atoms with Crippen molar-refractivity contribution in [3.63, 3.8) is 0 Å². The predicted octanol–water partition coefficient (Wildman–Crippen LogP) is 5.08. The molecule has 4 aromatic rings. The lowest BCUT2D eigenvalue weighted by Gasteiger charge is -2.29. The highest BCUT2D eigenvalue weighted by molar-refractivity contribution is 5.92. The summed E-state index contributed by atoms with van der Waals surface area (Å²) in [7, 11) is 3.18. The van der Waals surface area contributed by atoms with Gasteiger partial charge >= 0.3 is 0 Å². The molecule has 0 spiro atoms. The molecule has 9 nitrogen and oxygen atoms in total. The van der Waals surface area contributed by atoms with E-state index in [4.69, 9.17) is 4.98 Å². The quantitative estimate of drug-likeness (QED) is 0.202. The van der Waals surface area contributed by atoms with Crippen molar-refractivity contribution in [1.29, 1.82) is 0 Å². The maximum absolute atomic E-state index is 15.1. The van der Waals surface area contributed by atoms with E-state index in [1.807, 2.05) is 0 Å². The fourth-order valence-corrected chi connectivity index (χ4v) is 7.12. The van der Waals surface area contributed by atoms with Crippen molar-refractivity contribution in [2.75, 3.05) is 27.2 Å². The number of likely N-dealkylation sites (N-methyl/N-ethyl adjacent to an activating group) is 2. The molecule has 0 bridgehead atoms. The summed E-state index contributed by atoms with van der Waals surface area (Å²) in [6, 6.07) is 4.66. The van der Waals surface area contributed by atoms with E-state index in [1.165, 1.54) is 36.4 Å². The first kappa shape index (κ1) is 34.7. The fourth-order valence-electron chi connectivity index (χ4n) is 7.12. The molecule has 0 saturated carbocycles. The second-order valence-electron chi connectivity index (χ2n) is 13.3. The van der Waals surface area contributed by atoms with Crippen molar-refractivity contribution < 1.29 is 35.9 Å². The molecule has 0 radical (unpaired) electrons. The number of carbonyl (C=O) groups excluding carboxylic acids is 2. The third kappa shape index (κ3) is 6.87. The highest BCUT2D eigenvalue weighted by atomic mass is 19.3. The summed E-state index contributed by atoms with van der Waals surface area (Å²) in [5.74, 6) is -8.11. The molecule has 0 aliphatic carbocycles. The molecule has 264 valence electrons. The third-order valence-corrected chi connectivity index (χ3v) is 9.78. The number of benzene rings is 2. The minimum absolute atomic E-state index is 0.0573. The van der Waals surface area contributed by atoms with Crippen LogP contribution in [0.5, 0.6) is 0 Å². The standard InChI is InChI=1S/C34H39F6N7O2/c1-5-25(44-31(48)18(2)41-3)32(49)47-17-34(39,40)13-21(47)12-24-23-8-6-19(35)10-26(23)42-29(24)30-43-27-11-20(36)7-9-28(27)46(30)15-22-14-33(37,38)16-45(22)4/h6-11,18,21-22,25,41-42H,5,12-17H2,1-4H3,(H,44,48). The van der Waals surface area contributed by atoms with Crippen molar-refractivity contribution in [3.05, 3.63) is 53.6 Å². The number of hydrogen-bond donors (Lipinski definition) is 3. The molecular formula is C34H39F6N7O2. The molecule has 4 unspecified atom stereocenters. The SMILES string of the molecule is CCC(NC(=O)C(C)NC)C(=O)N1CC(F)(F)CC1Cc1c(-c2nc3cc(F)ccc3n2CC2CC(F)(F)CN2C)[nH]c2cc(F)ccc12. The predicted molar refractivity (Wildman–Crippen MR) is 172 cm³/mol. The van der Waals surface area contributed by atoms with E-state index in [9.17, 15) is 27.2 Å². The summed E-state index contributed by atoms with van der Waals surface area (Å²) in [5.41, 5.74) is 1.83. The Morgan fingerprint density at radius 2 is 1.69 bits per heavy atom. The number of amides is 2. The Kier molecular flexibility index (Phi) is 9.20. The van der Waals surface area contributed by atoms with Gasteiger partial charge in [0.2, 0.25) is 11.8 Å². The molecule has 2 amide bonds. The summed E-state index contributed by atoms with van der Waals surface area (Å²) in [6.07, 6.45) is -1.00. The summed E-state index contributed by atoms with van der Waals surface area (Å²) < 4.78 is 89.7. The number of nitrogens with zero attached hydrogens (tertiary/aromatic N) is 4. The van der Waals surface area contributed by atoms with Gasteiger partial charge in [-0.3, -0.25) is 14.5 Å². The zero-order valence-electron chi connectivity index (χ0n) is 27.6. The lowest BCUT2D eigenvalue weighted by Crippen LogP contribution is -2.53. The van der Waals surface area contributed by atoms with Crippen molar-refractivity contribution in [1.82, 2.24) is 35.0 Å². The first-order valence-corrected chi connectivity index (χ1v) is 16.3. The monoisotopic (exact) mass is 691 g/mol. The highest BCUT2D eigenvalue weighted by Crippen LogP contribution is 2.40. The maximum atomic E-state index is 15.1. The first-order valence-electron chi connectivity index (χ1n) is 16.3. The van der Waals surface area contributed by atoms with E-state index in [0.29, 0.717) is 27.7 Å². The van der Waals surface area contributed by atoms with Gasteiger partial charge in [-0.2, -0.15) is 0 Å². The van der Waals surface area contributed by atoms with Gasteiger partial charge in [0.25, 0.3) is 11.8 Å². The Balaban J connectivity index is 1.44. The average molecular weight is 692 g/mol. The lowest BCUT2D eigenvalue weighted by atomic mass is 9.99. The van der Waals surface area contributed by atoms with Crippen LogP contribution in [0.4, 0.5) is 26.3 Å². The van der Waals surface area contributed by atoms with E-state index in [1.54, 1.807) is 37.4 Å². The van der Waals surface area contributed by atoms with Crippen LogP contribution in [0.1, 0.15) is 38.7 Å². The number of H-pyrrole nitrogens is 1. The van der Waals surface area contributed by atoms with E-state index in [-0.39, 0.29) is 30.7 Å². The van der Waals surface area contributed by atoms with Gasteiger partial charge in [-0.1, -0.05) is 6.92 Å². The molecule has 4 heterocycles. The number of aromatic nitrogens is 3. The Morgan fingerprint density at radius 3 is 2.37 bits per heavy atom. The number of nitrogens with one attached hydrogen (secondary N) is 3. The van der Waals surface area contributed by atoms with Gasteiger partial charge in [0.1, 0.15) is 17.7 Å². The number of alkyl halides is 4. The number of carbonyl (C=O) groups is 2. The van der Waals surface area contributed by atoms with Crippen molar-refractivity contribution in [2.45, 2.75) is 82.1 Å². The average Bonchev–Trinajstić information content (AvgIpc) is 3.74. The van der Waals surface area contributed by atoms with Gasteiger partial charge < -0.3 is 25.1 Å². The van der Waals surface area contributed by atoms with Gasteiger partial charge in [-0.05, 0) is 69.8 Å². The minimum atomic E-state index is -3.22. The van der Waals surface area contributed by atoms with Gasteiger partial charge in [-0.25, -0.2) is 31.3 Å². The molecule has 2 aromatic heterocycles. The topological polar surface area (TPSA) is 98.3 Å². The van der Waals surface area contributed by atoms with Crippen LogP contribution in [0.15, 0.2) is 36.4 Å². The van der Waals surface area contributed by atoms with Crippen LogP contribution >= 0.6 is 0 Å². The Morgan fingerprint density at radius 1 is 1.02 bits per heavy atom. The normalized spacial score (nSPS) is 21.9. The van der Waals surface area contributed by atoms with Crippen molar-refractivity contribution >= 4 is 33.8 Å². The third-order valence-electron chi connectivity index (χ3n) is 9.78. The van der Waals surface area contributed by atoms with Crippen LogP contribution in [0.2, 0.25) is 0 Å². The van der Waals surface area contributed by atoms with E-state index in [0.717, 1.165) is 4.90 Å². The highest BCUT2D eigenvalue weighted by Gasteiger charge is 2.49. The lowest BCUT2D eigenvalue weighted by molar-refractivity contribution is -0.138. The van der Waals surface area contributed by atoms with Gasteiger partial charge in [0.15, 0.2) is 5.82 Å². The molecule has 2 aliphatic rings. The smallest absolute Gasteiger partial charge is 0.267 e. The Bertz CT molecular complexity index is 1890. The Labute approximate surface area is 279 Å². The molecule has 2 saturated heterocycles. The molecule has 15 heteroatoms. The van der Waals surface area contributed by atoms with Gasteiger partial charge in [0.05, 0.1) is 35.9 Å². The van der Waals surface area contributed by atoms with Crippen LogP contribution in [0.25, 0.3) is 33.5 Å². The molecule has 2 fully saturated rings. The van der Waals surface area contributed by atoms with Crippen LogP contribution in [-0.4, -0.2) is 99.3 Å². The minimum Gasteiger partial charge on any atom is -0.352 e. The number of imidazole rings is 1. The Hall–Kier alpha value is -4.11. The largest absolute Gasteiger partial charge is 0.352 e. The first-order chi connectivity index (χ1) is 23.1. The number of aromatic amines is 1. The number of fused-ring (bicyclic) bond motifs is 2. The van der Waals surface area contributed by atoms with E-state index >= 15 is 8.78 Å². The molecule has 2 aromatic carbocycles. The number of hydrogen-bond acceptors (Lipinski definition) is 5. The molecule has 2 aliphatic heterocycles. The summed E-state index contributed by atoms with van der Waals surface area (Å²) in [5, 5.41) is 5.94. The van der Waals surface area contributed by atoms with Crippen molar-refractivity contribution in [3.8, 4) is 11.5 Å². The van der Waals surface area contributed by atoms with Gasteiger partial charge in [-0.15, -0.1) is 0 Å². The maximum Gasteiger partial charge on any atom is 0.267 e. The number of halogens is 6. The van der Waals surface area contributed by atoms with Crippen LogP contribution in [0, 0.1) is 11.6 Å². The summed E-state index contributed by atoms with van der Waals surface area (Å²) >= 11 is 0. The molecular weight excluding hydrogens is 652 g/mol. The second kappa shape index (κ2) is 13.0. The van der Waals surface area contributed by atoms with Crippen LogP contribution in [0.3, 0.4) is 0 Å². The van der Waals surface area contributed by atoms with Gasteiger partial charge in [0, 0.05) is 48.4 Å². The van der Waals surface area contributed by atoms with Crippen LogP contribution < -0.4 is 10.6 Å². The zero-order valence-corrected chi connectivity index (χ0v) is 27.6. The summed E-state index contributed by atoms with van der Waals surface area (Å²) in [4.78, 5) is 36.9. The summed E-state index contributed by atoms with van der Waals surface area (Å²) in [6.45, 7) is 2.06.